The van der Waals surface area contributed by atoms with E-state index >= 15 is 0 Å². The van der Waals surface area contributed by atoms with Crippen molar-refractivity contribution in [3.63, 3.8) is 0 Å². The Morgan fingerprint density at radius 3 is 2.88 bits per heavy atom. The van der Waals surface area contributed by atoms with Crippen molar-refractivity contribution < 1.29 is 9.53 Å². The lowest BCUT2D eigenvalue weighted by Crippen LogP contribution is -2.22. The Labute approximate surface area is 142 Å². The molecule has 0 bridgehead atoms. The van der Waals surface area contributed by atoms with Crippen LogP contribution < -0.4 is 10.1 Å². The zero-order valence-corrected chi connectivity index (χ0v) is 14.3. The SMILES string of the molecule is COc1c(C(=O)Nc2cccc(CCN3CCCC3)c2)cnn1C. The topological polar surface area (TPSA) is 59.4 Å². The summed E-state index contributed by atoms with van der Waals surface area (Å²) in [6, 6.07) is 8.03. The number of ether oxygens (including phenoxy) is 1. The molecule has 0 atom stereocenters. The Bertz CT molecular complexity index is 705. The fourth-order valence-electron chi connectivity index (χ4n) is 3.12. The van der Waals surface area contributed by atoms with Crippen LogP contribution >= 0.6 is 0 Å². The van der Waals surface area contributed by atoms with Crippen molar-refractivity contribution in [2.45, 2.75) is 19.3 Å². The summed E-state index contributed by atoms with van der Waals surface area (Å²) in [5, 5.41) is 7.00. The number of benzene rings is 1. The highest BCUT2D eigenvalue weighted by Gasteiger charge is 2.17. The normalized spacial score (nSPS) is 14.8. The second-order valence-corrected chi connectivity index (χ2v) is 6.14. The number of methoxy groups -OCH3 is 1. The van der Waals surface area contributed by atoms with Crippen LogP contribution in [0.4, 0.5) is 5.69 Å². The number of aromatic nitrogens is 2. The second-order valence-electron chi connectivity index (χ2n) is 6.14. The molecular formula is C18H24N4O2. The van der Waals surface area contributed by atoms with Gasteiger partial charge in [-0.15, -0.1) is 0 Å². The summed E-state index contributed by atoms with van der Waals surface area (Å²) >= 11 is 0. The van der Waals surface area contributed by atoms with Crippen molar-refractivity contribution >= 4 is 11.6 Å². The molecule has 24 heavy (non-hydrogen) atoms. The molecule has 1 N–H and O–H groups in total. The fraction of sp³-hybridized carbons (Fsp3) is 0.444. The van der Waals surface area contributed by atoms with Gasteiger partial charge in [-0.1, -0.05) is 12.1 Å². The van der Waals surface area contributed by atoms with Crippen molar-refractivity contribution in [1.82, 2.24) is 14.7 Å². The highest BCUT2D eigenvalue weighted by molar-refractivity contribution is 6.05. The van der Waals surface area contributed by atoms with Crippen molar-refractivity contribution in [2.24, 2.45) is 7.05 Å². The maximum atomic E-state index is 12.4. The van der Waals surface area contributed by atoms with Crippen LogP contribution in [0.25, 0.3) is 0 Å². The summed E-state index contributed by atoms with van der Waals surface area (Å²) in [6.45, 7) is 3.49. The van der Waals surface area contributed by atoms with Crippen LogP contribution in [0.2, 0.25) is 0 Å². The molecule has 3 rings (SSSR count). The molecule has 1 amide bonds. The molecular weight excluding hydrogens is 304 g/mol. The number of hydrogen-bond donors (Lipinski definition) is 1. The number of likely N-dealkylation sites (tertiary alicyclic amines) is 1. The Morgan fingerprint density at radius 2 is 2.12 bits per heavy atom. The van der Waals surface area contributed by atoms with E-state index in [1.165, 1.54) is 44.8 Å². The molecule has 1 aromatic heterocycles. The number of carbonyl (C=O) groups is 1. The van der Waals surface area contributed by atoms with E-state index < -0.39 is 0 Å². The van der Waals surface area contributed by atoms with E-state index in [0.717, 1.165) is 18.7 Å². The lowest BCUT2D eigenvalue weighted by molar-refractivity contribution is 0.102. The quantitative estimate of drug-likeness (QED) is 0.884. The molecule has 0 radical (unpaired) electrons. The Morgan fingerprint density at radius 1 is 1.33 bits per heavy atom. The monoisotopic (exact) mass is 328 g/mol. The zero-order valence-electron chi connectivity index (χ0n) is 14.3. The highest BCUT2D eigenvalue weighted by atomic mass is 16.5. The molecule has 1 aromatic carbocycles. The van der Waals surface area contributed by atoms with E-state index in [1.54, 1.807) is 11.7 Å². The third-order valence-corrected chi connectivity index (χ3v) is 4.42. The molecule has 6 heteroatoms. The molecule has 2 aromatic rings. The molecule has 0 aliphatic carbocycles. The number of carbonyl (C=O) groups excluding carboxylic acids is 1. The standard InChI is InChI=1S/C18H24N4O2/c1-21-18(24-2)16(13-19-21)17(23)20-15-7-5-6-14(12-15)8-11-22-9-3-4-10-22/h5-7,12-13H,3-4,8-11H2,1-2H3,(H,20,23). The predicted molar refractivity (Wildman–Crippen MR) is 93.5 cm³/mol. The maximum Gasteiger partial charge on any atom is 0.262 e. The molecule has 6 nitrogen and oxygen atoms in total. The first-order valence-electron chi connectivity index (χ1n) is 8.36. The number of nitrogens with one attached hydrogen (secondary N) is 1. The molecule has 0 unspecified atom stereocenters. The minimum Gasteiger partial charge on any atom is -0.481 e. The molecule has 0 saturated carbocycles. The average Bonchev–Trinajstić information content (AvgIpc) is 3.22. The van der Waals surface area contributed by atoms with Gasteiger partial charge in [-0.05, 0) is 50.0 Å². The van der Waals surface area contributed by atoms with Crippen LogP contribution in [-0.4, -0.2) is 47.3 Å². The third kappa shape index (κ3) is 3.76. The van der Waals surface area contributed by atoms with Gasteiger partial charge < -0.3 is 15.0 Å². The number of aryl methyl sites for hydroxylation is 1. The first kappa shape index (κ1) is 16.5. The molecule has 1 aliphatic rings. The first-order valence-corrected chi connectivity index (χ1v) is 8.36. The van der Waals surface area contributed by atoms with Gasteiger partial charge in [0.25, 0.3) is 5.91 Å². The van der Waals surface area contributed by atoms with Crippen molar-refractivity contribution in [3.8, 4) is 5.88 Å². The summed E-state index contributed by atoms with van der Waals surface area (Å²) in [5.41, 5.74) is 2.46. The molecule has 1 saturated heterocycles. The highest BCUT2D eigenvalue weighted by Crippen LogP contribution is 2.19. The summed E-state index contributed by atoms with van der Waals surface area (Å²) in [6.07, 6.45) is 5.14. The van der Waals surface area contributed by atoms with Gasteiger partial charge in [-0.2, -0.15) is 5.10 Å². The zero-order chi connectivity index (χ0) is 16.9. The number of anilines is 1. The van der Waals surface area contributed by atoms with Gasteiger partial charge in [-0.25, -0.2) is 4.68 Å². The van der Waals surface area contributed by atoms with E-state index in [9.17, 15) is 4.79 Å². The number of amides is 1. The van der Waals surface area contributed by atoms with E-state index in [1.807, 2.05) is 18.2 Å². The van der Waals surface area contributed by atoms with Crippen LogP contribution in [0.5, 0.6) is 5.88 Å². The minimum atomic E-state index is -0.211. The number of nitrogens with zero attached hydrogens (tertiary/aromatic N) is 3. The molecule has 2 heterocycles. The van der Waals surface area contributed by atoms with E-state index in [2.05, 4.69) is 21.4 Å². The Kier molecular flexibility index (Phi) is 5.15. The summed E-state index contributed by atoms with van der Waals surface area (Å²) in [4.78, 5) is 14.9. The van der Waals surface area contributed by atoms with Crippen molar-refractivity contribution in [3.05, 3.63) is 41.6 Å². The fourth-order valence-corrected chi connectivity index (χ4v) is 3.12. The Balaban J connectivity index is 1.64. The van der Waals surface area contributed by atoms with Crippen LogP contribution in [0.3, 0.4) is 0 Å². The summed E-state index contributed by atoms with van der Waals surface area (Å²) in [5.74, 6) is 0.245. The van der Waals surface area contributed by atoms with Crippen LogP contribution in [-0.2, 0) is 13.5 Å². The summed E-state index contributed by atoms with van der Waals surface area (Å²) < 4.78 is 6.77. The third-order valence-electron chi connectivity index (χ3n) is 4.42. The van der Waals surface area contributed by atoms with Gasteiger partial charge >= 0.3 is 0 Å². The smallest absolute Gasteiger partial charge is 0.262 e. The molecule has 128 valence electrons. The van der Waals surface area contributed by atoms with Gasteiger partial charge in [0.1, 0.15) is 5.56 Å². The van der Waals surface area contributed by atoms with Gasteiger partial charge in [0.2, 0.25) is 5.88 Å². The van der Waals surface area contributed by atoms with Gasteiger partial charge in [-0.3, -0.25) is 4.79 Å². The van der Waals surface area contributed by atoms with Crippen LogP contribution in [0.15, 0.2) is 30.5 Å². The molecule has 0 spiro atoms. The first-order chi connectivity index (χ1) is 11.7. The Hall–Kier alpha value is -2.34. The second kappa shape index (κ2) is 7.49. The maximum absolute atomic E-state index is 12.4. The largest absolute Gasteiger partial charge is 0.481 e. The summed E-state index contributed by atoms with van der Waals surface area (Å²) in [7, 11) is 3.28. The number of hydrogen-bond acceptors (Lipinski definition) is 4. The van der Waals surface area contributed by atoms with E-state index in [-0.39, 0.29) is 5.91 Å². The average molecular weight is 328 g/mol. The minimum absolute atomic E-state index is 0.211. The van der Waals surface area contributed by atoms with E-state index in [4.69, 9.17) is 4.74 Å². The van der Waals surface area contributed by atoms with Crippen LogP contribution in [0.1, 0.15) is 28.8 Å². The predicted octanol–water partition coefficient (Wildman–Crippen LogP) is 2.32. The lowest BCUT2D eigenvalue weighted by Gasteiger charge is -2.14. The molecule has 1 fully saturated rings. The van der Waals surface area contributed by atoms with Crippen LogP contribution in [0, 0.1) is 0 Å². The van der Waals surface area contributed by atoms with E-state index in [0.29, 0.717) is 11.4 Å². The number of rotatable bonds is 6. The van der Waals surface area contributed by atoms with Crippen molar-refractivity contribution in [1.29, 1.82) is 0 Å². The lowest BCUT2D eigenvalue weighted by atomic mass is 10.1. The van der Waals surface area contributed by atoms with Gasteiger partial charge in [0.05, 0.1) is 13.3 Å². The molecule has 1 aliphatic heterocycles. The van der Waals surface area contributed by atoms with Crippen molar-refractivity contribution in [2.75, 3.05) is 32.1 Å². The van der Waals surface area contributed by atoms with Gasteiger partial charge in [0, 0.05) is 19.3 Å². The van der Waals surface area contributed by atoms with Gasteiger partial charge in [0.15, 0.2) is 0 Å².